The molecule has 23 heavy (non-hydrogen) atoms. The van der Waals surface area contributed by atoms with Crippen molar-refractivity contribution in [3.63, 3.8) is 0 Å². The summed E-state index contributed by atoms with van der Waals surface area (Å²) < 4.78 is 6.24. The Morgan fingerprint density at radius 2 is 2.17 bits per heavy atom. The molecule has 1 unspecified atom stereocenters. The van der Waals surface area contributed by atoms with Crippen LogP contribution in [0.4, 0.5) is 4.79 Å². The number of halogens is 1. The van der Waals surface area contributed by atoms with Gasteiger partial charge in [-0.05, 0) is 55.3 Å². The minimum absolute atomic E-state index is 0.261. The van der Waals surface area contributed by atoms with Gasteiger partial charge in [0.05, 0.1) is 3.79 Å². The summed E-state index contributed by atoms with van der Waals surface area (Å²) in [5, 5.41) is 12.2. The number of hydrogen-bond acceptors (Lipinski definition) is 5. The number of carbonyl (C=O) groups is 2. The van der Waals surface area contributed by atoms with E-state index in [0.717, 1.165) is 8.66 Å². The van der Waals surface area contributed by atoms with Gasteiger partial charge in [0.2, 0.25) is 0 Å². The number of carboxylic acid groups (broad SMARTS) is 1. The summed E-state index contributed by atoms with van der Waals surface area (Å²) in [7, 11) is 0. The van der Waals surface area contributed by atoms with E-state index < -0.39 is 23.2 Å². The summed E-state index contributed by atoms with van der Waals surface area (Å²) in [5.41, 5.74) is -1.96. The van der Waals surface area contributed by atoms with Crippen LogP contribution in [0.1, 0.15) is 32.1 Å². The Morgan fingerprint density at radius 3 is 2.70 bits per heavy atom. The number of nitrogens with one attached hydrogen (secondary N) is 1. The molecule has 1 atom stereocenters. The monoisotopic (exact) mass is 404 g/mol. The molecule has 1 saturated heterocycles. The number of carboxylic acids is 1. The van der Waals surface area contributed by atoms with Crippen molar-refractivity contribution in [2.24, 2.45) is 0 Å². The molecule has 0 aliphatic carbocycles. The minimum Gasteiger partial charge on any atom is -0.479 e. The van der Waals surface area contributed by atoms with Gasteiger partial charge in [0, 0.05) is 24.5 Å². The fourth-order valence-electron chi connectivity index (χ4n) is 2.51. The second-order valence-electron chi connectivity index (χ2n) is 6.68. The zero-order valence-electron chi connectivity index (χ0n) is 13.4. The van der Waals surface area contributed by atoms with Crippen molar-refractivity contribution in [1.82, 2.24) is 10.2 Å². The van der Waals surface area contributed by atoms with Crippen LogP contribution in [0.25, 0.3) is 0 Å². The molecule has 0 spiro atoms. The minimum atomic E-state index is -1.29. The van der Waals surface area contributed by atoms with Crippen molar-refractivity contribution >= 4 is 39.3 Å². The van der Waals surface area contributed by atoms with Gasteiger partial charge in [0.15, 0.2) is 5.54 Å². The highest BCUT2D eigenvalue weighted by Gasteiger charge is 2.46. The first kappa shape index (κ1) is 18.2. The molecule has 1 amide bonds. The maximum atomic E-state index is 12.0. The molecule has 1 aliphatic rings. The highest BCUT2D eigenvalue weighted by molar-refractivity contribution is 9.11. The van der Waals surface area contributed by atoms with Crippen LogP contribution in [0.5, 0.6) is 0 Å². The van der Waals surface area contributed by atoms with E-state index in [9.17, 15) is 14.7 Å². The van der Waals surface area contributed by atoms with E-state index in [1.165, 1.54) is 0 Å². The smallest absolute Gasteiger partial charge is 0.408 e. The van der Waals surface area contributed by atoms with Crippen LogP contribution in [0.15, 0.2) is 15.9 Å². The molecule has 1 aliphatic heterocycles. The van der Waals surface area contributed by atoms with Crippen LogP contribution in [0.3, 0.4) is 0 Å². The average molecular weight is 405 g/mol. The lowest BCUT2D eigenvalue weighted by molar-refractivity contribution is -0.144. The largest absolute Gasteiger partial charge is 0.479 e. The first-order valence-corrected chi connectivity index (χ1v) is 8.92. The third-order valence-corrected chi connectivity index (χ3v) is 5.11. The van der Waals surface area contributed by atoms with Gasteiger partial charge >= 0.3 is 12.1 Å². The van der Waals surface area contributed by atoms with E-state index in [2.05, 4.69) is 21.2 Å². The van der Waals surface area contributed by atoms with Gasteiger partial charge in [-0.1, -0.05) is 0 Å². The number of ether oxygens (including phenoxy) is 1. The Morgan fingerprint density at radius 1 is 1.48 bits per heavy atom. The quantitative estimate of drug-likeness (QED) is 0.805. The van der Waals surface area contributed by atoms with Gasteiger partial charge in [0.1, 0.15) is 5.60 Å². The lowest BCUT2D eigenvalue weighted by Gasteiger charge is -2.28. The summed E-state index contributed by atoms with van der Waals surface area (Å²) >= 11 is 5.04. The second kappa shape index (κ2) is 6.78. The van der Waals surface area contributed by atoms with E-state index in [0.29, 0.717) is 19.5 Å². The second-order valence-corrected chi connectivity index (χ2v) is 9.23. The molecule has 6 nitrogen and oxygen atoms in total. The molecule has 0 radical (unpaired) electrons. The van der Waals surface area contributed by atoms with Gasteiger partial charge in [-0.25, -0.2) is 9.59 Å². The van der Waals surface area contributed by atoms with Crippen molar-refractivity contribution in [2.75, 3.05) is 13.1 Å². The molecule has 0 aromatic carbocycles. The number of alkyl carbamates (subject to hydrolysis) is 1. The Kier molecular flexibility index (Phi) is 5.37. The van der Waals surface area contributed by atoms with Gasteiger partial charge in [0.25, 0.3) is 0 Å². The number of hydrogen-bond donors (Lipinski definition) is 2. The molecule has 0 bridgehead atoms. The van der Waals surface area contributed by atoms with Gasteiger partial charge in [-0.3, -0.25) is 4.90 Å². The number of amides is 1. The van der Waals surface area contributed by atoms with Crippen molar-refractivity contribution in [3.8, 4) is 0 Å². The van der Waals surface area contributed by atoms with E-state index in [4.69, 9.17) is 4.74 Å². The number of aliphatic carboxylic acids is 1. The standard InChI is InChI=1S/C15H21BrN2O4S/c1-14(2,3)22-13(21)17-15(12(19)20)6-7-18(9-15)8-10-4-5-11(16)23-10/h4-5H,6-9H2,1-3H3,(H,17,21)(H,19,20). The molecule has 1 aromatic rings. The Hall–Kier alpha value is -1.12. The SMILES string of the molecule is CC(C)(C)OC(=O)NC1(C(=O)O)CCN(Cc2ccc(Br)s2)C1. The van der Waals surface area contributed by atoms with Crippen molar-refractivity contribution in [1.29, 1.82) is 0 Å². The topological polar surface area (TPSA) is 78.9 Å². The predicted molar refractivity (Wildman–Crippen MR) is 91.6 cm³/mol. The number of nitrogens with zero attached hydrogens (tertiary/aromatic N) is 1. The van der Waals surface area contributed by atoms with Crippen LogP contribution in [-0.4, -0.2) is 46.3 Å². The van der Waals surface area contributed by atoms with Gasteiger partial charge in [-0.15, -0.1) is 11.3 Å². The third kappa shape index (κ3) is 4.92. The van der Waals surface area contributed by atoms with Crippen molar-refractivity contribution in [2.45, 2.75) is 44.9 Å². The molecular formula is C15H21BrN2O4S. The van der Waals surface area contributed by atoms with Crippen molar-refractivity contribution < 1.29 is 19.4 Å². The van der Waals surface area contributed by atoms with Crippen LogP contribution < -0.4 is 5.32 Å². The Bertz CT molecular complexity index is 599. The van der Waals surface area contributed by atoms with Gasteiger partial charge in [-0.2, -0.15) is 0 Å². The predicted octanol–water partition coefficient (Wildman–Crippen LogP) is 3.06. The summed E-state index contributed by atoms with van der Waals surface area (Å²) in [4.78, 5) is 26.9. The first-order valence-electron chi connectivity index (χ1n) is 7.31. The van der Waals surface area contributed by atoms with E-state index >= 15 is 0 Å². The number of rotatable bonds is 4. The van der Waals surface area contributed by atoms with Gasteiger partial charge < -0.3 is 15.2 Å². The first-order chi connectivity index (χ1) is 10.6. The number of carbonyl (C=O) groups excluding carboxylic acids is 1. The van der Waals surface area contributed by atoms with E-state index in [1.807, 2.05) is 17.0 Å². The molecule has 128 valence electrons. The van der Waals surface area contributed by atoms with E-state index in [1.54, 1.807) is 32.1 Å². The summed E-state index contributed by atoms with van der Waals surface area (Å²) in [6.07, 6.45) is -0.339. The molecule has 2 N–H and O–H groups in total. The maximum Gasteiger partial charge on any atom is 0.408 e. The molecule has 0 saturated carbocycles. The summed E-state index contributed by atoms with van der Waals surface area (Å²) in [6.45, 7) is 6.77. The van der Waals surface area contributed by atoms with E-state index in [-0.39, 0.29) is 6.54 Å². The Balaban J connectivity index is 2.02. The zero-order chi connectivity index (χ0) is 17.3. The molecular weight excluding hydrogens is 384 g/mol. The van der Waals surface area contributed by atoms with Crippen molar-refractivity contribution in [3.05, 3.63) is 20.8 Å². The molecule has 2 heterocycles. The molecule has 2 rings (SSSR count). The lowest BCUT2D eigenvalue weighted by atomic mass is 9.99. The lowest BCUT2D eigenvalue weighted by Crippen LogP contribution is -2.57. The zero-order valence-corrected chi connectivity index (χ0v) is 15.8. The molecule has 8 heteroatoms. The highest BCUT2D eigenvalue weighted by atomic mass is 79.9. The third-order valence-electron chi connectivity index (χ3n) is 3.51. The Labute approximate surface area is 147 Å². The van der Waals surface area contributed by atoms with Crippen LogP contribution in [0.2, 0.25) is 0 Å². The van der Waals surface area contributed by atoms with Crippen LogP contribution >= 0.6 is 27.3 Å². The van der Waals surface area contributed by atoms with Crippen LogP contribution in [0, 0.1) is 0 Å². The fourth-order valence-corrected chi connectivity index (χ4v) is 4.04. The maximum absolute atomic E-state index is 12.0. The average Bonchev–Trinajstić information content (AvgIpc) is 2.95. The molecule has 1 aromatic heterocycles. The summed E-state index contributed by atoms with van der Waals surface area (Å²) in [6, 6.07) is 3.98. The molecule has 1 fully saturated rings. The number of likely N-dealkylation sites (tertiary alicyclic amines) is 1. The fraction of sp³-hybridized carbons (Fsp3) is 0.600. The van der Waals surface area contributed by atoms with Crippen LogP contribution in [-0.2, 0) is 16.1 Å². The normalized spacial score (nSPS) is 22.1. The highest BCUT2D eigenvalue weighted by Crippen LogP contribution is 2.28. The summed E-state index contributed by atoms with van der Waals surface area (Å²) in [5.74, 6) is -1.03. The number of thiophene rings is 1.